The van der Waals surface area contributed by atoms with Crippen LogP contribution in [0.1, 0.15) is 64.7 Å². The maximum absolute atomic E-state index is 6.36. The second-order valence-electron chi connectivity index (χ2n) is 8.94. The Morgan fingerprint density at radius 1 is 0.808 bits per heavy atom. The Hall–Kier alpha value is -0.883. The Morgan fingerprint density at radius 3 is 1.58 bits per heavy atom. The van der Waals surface area contributed by atoms with Crippen molar-refractivity contribution in [3.8, 4) is 5.75 Å². The third-order valence-electron chi connectivity index (χ3n) is 4.66. The number of rotatable bonds is 8. The highest BCUT2D eigenvalue weighted by Crippen LogP contribution is 2.40. The van der Waals surface area contributed by atoms with Gasteiger partial charge in [0.1, 0.15) is 5.75 Å². The summed E-state index contributed by atoms with van der Waals surface area (Å²) in [5.41, 5.74) is 3.83. The summed E-state index contributed by atoms with van der Waals surface area (Å²) in [6, 6.07) is 5.24. The molecule has 0 N–H and O–H groups in total. The summed E-state index contributed by atoms with van der Waals surface area (Å²) in [6.45, 7) is 16.2. The van der Waals surface area contributed by atoms with Gasteiger partial charge in [0.15, 0.2) is 0 Å². The largest absolute Gasteiger partial charge is 0.500 e. The summed E-state index contributed by atoms with van der Waals surface area (Å²) in [6.07, 6.45) is 0.822. The molecule has 4 nitrogen and oxygen atoms in total. The lowest BCUT2D eigenvalue weighted by molar-refractivity contribution is 0.121. The first kappa shape index (κ1) is 23.2. The molecule has 0 aromatic heterocycles. The van der Waals surface area contributed by atoms with Crippen molar-refractivity contribution >= 4 is 8.80 Å². The van der Waals surface area contributed by atoms with Gasteiger partial charge in [-0.2, -0.15) is 0 Å². The van der Waals surface area contributed by atoms with Gasteiger partial charge in [-0.1, -0.05) is 59.2 Å². The zero-order chi connectivity index (χ0) is 20.2. The fraction of sp³-hybridized carbons (Fsp3) is 0.714. The highest BCUT2D eigenvalue weighted by molar-refractivity contribution is 6.60. The number of ether oxygens (including phenoxy) is 1. The Bertz CT molecular complexity index is 537. The molecule has 0 spiro atoms. The van der Waals surface area contributed by atoms with E-state index in [2.05, 4.69) is 60.6 Å². The molecule has 0 atom stereocenters. The minimum atomic E-state index is -2.54. The molecule has 0 amide bonds. The van der Waals surface area contributed by atoms with Crippen LogP contribution in [0.4, 0.5) is 0 Å². The lowest BCUT2D eigenvalue weighted by Gasteiger charge is -2.30. The first-order valence-electron chi connectivity index (χ1n) is 9.34. The van der Waals surface area contributed by atoms with Crippen molar-refractivity contribution in [3.05, 3.63) is 28.8 Å². The highest BCUT2D eigenvalue weighted by atomic mass is 28.4. The maximum Gasteiger partial charge on any atom is 0.500 e. The van der Waals surface area contributed by atoms with Crippen LogP contribution in [-0.2, 0) is 24.1 Å². The third-order valence-corrected chi connectivity index (χ3v) is 7.49. The topological polar surface area (TPSA) is 36.9 Å². The Labute approximate surface area is 161 Å². The SMILES string of the molecule is CO[Si](CCCOc1c(C(C)(C)C)cc(C)cc1C(C)(C)C)(OC)OC. The van der Waals surface area contributed by atoms with E-state index in [1.807, 2.05) is 0 Å². The Morgan fingerprint density at radius 2 is 1.23 bits per heavy atom. The van der Waals surface area contributed by atoms with Crippen LogP contribution in [0, 0.1) is 6.92 Å². The zero-order valence-electron chi connectivity index (χ0n) is 18.4. The summed E-state index contributed by atoms with van der Waals surface area (Å²) in [5, 5.41) is 0. The molecule has 0 saturated carbocycles. The van der Waals surface area contributed by atoms with Gasteiger partial charge in [0.25, 0.3) is 0 Å². The predicted octanol–water partition coefficient (Wildman–Crippen LogP) is 5.24. The summed E-state index contributed by atoms with van der Waals surface area (Å²) in [5.74, 6) is 1.02. The number of hydrogen-bond acceptors (Lipinski definition) is 4. The third kappa shape index (κ3) is 5.81. The molecule has 0 aliphatic rings. The van der Waals surface area contributed by atoms with Crippen molar-refractivity contribution in [3.63, 3.8) is 0 Å². The molecule has 0 aliphatic carbocycles. The molecular weight excluding hydrogens is 344 g/mol. The van der Waals surface area contributed by atoms with E-state index in [4.69, 9.17) is 18.0 Å². The van der Waals surface area contributed by atoms with E-state index < -0.39 is 8.80 Å². The predicted molar refractivity (Wildman–Crippen MR) is 110 cm³/mol. The van der Waals surface area contributed by atoms with Crippen LogP contribution in [0.15, 0.2) is 12.1 Å². The van der Waals surface area contributed by atoms with Gasteiger partial charge in [-0.3, -0.25) is 0 Å². The molecule has 5 heteroatoms. The maximum atomic E-state index is 6.36. The number of benzene rings is 1. The molecule has 0 radical (unpaired) electrons. The average Bonchev–Trinajstić information content (AvgIpc) is 2.54. The molecule has 0 fully saturated rings. The quantitative estimate of drug-likeness (QED) is 0.455. The average molecular weight is 383 g/mol. The van der Waals surface area contributed by atoms with Gasteiger partial charge in [0, 0.05) is 38.5 Å². The van der Waals surface area contributed by atoms with E-state index in [9.17, 15) is 0 Å². The molecule has 1 aromatic carbocycles. The first-order chi connectivity index (χ1) is 11.9. The fourth-order valence-electron chi connectivity index (χ4n) is 3.06. The van der Waals surface area contributed by atoms with Crippen molar-refractivity contribution in [2.24, 2.45) is 0 Å². The highest BCUT2D eigenvalue weighted by Gasteiger charge is 2.37. The normalized spacial score (nSPS) is 13.2. The second-order valence-corrected chi connectivity index (χ2v) is 12.0. The van der Waals surface area contributed by atoms with Crippen LogP contribution < -0.4 is 4.74 Å². The first-order valence-corrected chi connectivity index (χ1v) is 11.3. The van der Waals surface area contributed by atoms with Gasteiger partial charge < -0.3 is 18.0 Å². The fourth-order valence-corrected chi connectivity index (χ4v) is 4.75. The van der Waals surface area contributed by atoms with Crippen molar-refractivity contribution in [1.29, 1.82) is 0 Å². The molecule has 0 unspecified atom stereocenters. The van der Waals surface area contributed by atoms with Crippen molar-refractivity contribution in [2.45, 2.75) is 71.8 Å². The van der Waals surface area contributed by atoms with Crippen LogP contribution in [0.3, 0.4) is 0 Å². The van der Waals surface area contributed by atoms with Crippen LogP contribution in [-0.4, -0.2) is 36.7 Å². The van der Waals surface area contributed by atoms with E-state index in [0.717, 1.165) is 18.2 Å². The van der Waals surface area contributed by atoms with E-state index in [1.54, 1.807) is 21.3 Å². The second kappa shape index (κ2) is 8.87. The molecular formula is C21H38O4Si. The van der Waals surface area contributed by atoms with E-state index in [1.165, 1.54) is 16.7 Å². The lowest BCUT2D eigenvalue weighted by atomic mass is 9.78. The summed E-state index contributed by atoms with van der Waals surface area (Å²) in [4.78, 5) is 0. The molecule has 0 heterocycles. The Kier molecular flexibility index (Phi) is 7.90. The van der Waals surface area contributed by atoms with Gasteiger partial charge in [0.2, 0.25) is 0 Å². The van der Waals surface area contributed by atoms with E-state index in [-0.39, 0.29) is 10.8 Å². The summed E-state index contributed by atoms with van der Waals surface area (Å²) in [7, 11) is 2.40. The van der Waals surface area contributed by atoms with Gasteiger partial charge >= 0.3 is 8.80 Å². The van der Waals surface area contributed by atoms with Crippen LogP contribution >= 0.6 is 0 Å². The van der Waals surface area contributed by atoms with Gasteiger partial charge in [-0.05, 0) is 24.2 Å². The minimum Gasteiger partial charge on any atom is -0.493 e. The van der Waals surface area contributed by atoms with Crippen LogP contribution in [0.2, 0.25) is 6.04 Å². The van der Waals surface area contributed by atoms with Crippen molar-refractivity contribution in [1.82, 2.24) is 0 Å². The van der Waals surface area contributed by atoms with Crippen LogP contribution in [0.25, 0.3) is 0 Å². The molecule has 1 aromatic rings. The molecule has 26 heavy (non-hydrogen) atoms. The molecule has 1 rings (SSSR count). The molecule has 0 saturated heterocycles. The molecule has 0 aliphatic heterocycles. The monoisotopic (exact) mass is 382 g/mol. The summed E-state index contributed by atoms with van der Waals surface area (Å²) < 4.78 is 22.9. The van der Waals surface area contributed by atoms with Gasteiger partial charge in [-0.25, -0.2) is 0 Å². The van der Waals surface area contributed by atoms with Crippen molar-refractivity contribution < 1.29 is 18.0 Å². The lowest BCUT2D eigenvalue weighted by Crippen LogP contribution is -2.42. The number of hydrogen-bond donors (Lipinski definition) is 0. The van der Waals surface area contributed by atoms with Crippen LogP contribution in [0.5, 0.6) is 5.75 Å². The zero-order valence-corrected chi connectivity index (χ0v) is 19.4. The number of aryl methyl sites for hydroxylation is 1. The van der Waals surface area contributed by atoms with Gasteiger partial charge in [0.05, 0.1) is 6.61 Å². The Balaban J connectivity index is 3.08. The van der Waals surface area contributed by atoms with Crippen molar-refractivity contribution in [2.75, 3.05) is 27.9 Å². The molecule has 150 valence electrons. The standard InChI is InChI=1S/C21H38O4Si/c1-16-14-17(20(2,3)4)19(18(15-16)21(5,6)7)25-12-11-13-26(22-8,23-9)24-10/h14-15H,11-13H2,1-10H3. The minimum absolute atomic E-state index is 0.0193. The molecule has 0 bridgehead atoms. The smallest absolute Gasteiger partial charge is 0.493 e. The van der Waals surface area contributed by atoms with E-state index in [0.29, 0.717) is 6.61 Å². The van der Waals surface area contributed by atoms with Gasteiger partial charge in [-0.15, -0.1) is 0 Å². The summed E-state index contributed by atoms with van der Waals surface area (Å²) >= 11 is 0. The van der Waals surface area contributed by atoms with E-state index >= 15 is 0 Å².